The number of nitrogens with zero attached hydrogens (tertiary/aromatic N) is 1. The van der Waals surface area contributed by atoms with Crippen LogP contribution in [0.15, 0.2) is 42.7 Å². The van der Waals surface area contributed by atoms with E-state index < -0.39 is 0 Å². The Bertz CT molecular complexity index is 497. The minimum atomic E-state index is 0.573. The summed E-state index contributed by atoms with van der Waals surface area (Å²) in [7, 11) is 1.94. The van der Waals surface area contributed by atoms with Gasteiger partial charge in [0.05, 0.1) is 0 Å². The van der Waals surface area contributed by atoms with E-state index in [1.807, 2.05) is 19.2 Å². The van der Waals surface area contributed by atoms with Crippen molar-refractivity contribution in [3.05, 3.63) is 59.4 Å². The molecule has 1 N–H and O–H groups in total. The number of benzene rings is 1. The maximum absolute atomic E-state index is 5.94. The lowest BCUT2D eigenvalue weighted by molar-refractivity contribution is 0.300. The molecule has 0 fully saturated rings. The highest BCUT2D eigenvalue weighted by molar-refractivity contribution is 5.40. The lowest BCUT2D eigenvalue weighted by Crippen LogP contribution is -2.08. The number of para-hydroxylation sites is 1. The molecule has 2 rings (SSSR count). The van der Waals surface area contributed by atoms with Crippen LogP contribution in [0, 0.1) is 6.92 Å². The monoisotopic (exact) mass is 242 g/mol. The Balaban J connectivity index is 2.13. The largest absolute Gasteiger partial charge is 0.488 e. The third kappa shape index (κ3) is 3.08. The van der Waals surface area contributed by atoms with Crippen LogP contribution < -0.4 is 10.1 Å². The van der Waals surface area contributed by atoms with Gasteiger partial charge >= 0.3 is 0 Å². The third-order valence-electron chi connectivity index (χ3n) is 2.79. The van der Waals surface area contributed by atoms with Crippen LogP contribution in [0.25, 0.3) is 0 Å². The van der Waals surface area contributed by atoms with Crippen molar-refractivity contribution in [3.63, 3.8) is 0 Å². The van der Waals surface area contributed by atoms with Gasteiger partial charge < -0.3 is 10.1 Å². The Morgan fingerprint density at radius 3 is 2.67 bits per heavy atom. The highest BCUT2D eigenvalue weighted by atomic mass is 16.5. The zero-order valence-electron chi connectivity index (χ0n) is 10.8. The second-order valence-corrected chi connectivity index (χ2v) is 4.24. The maximum atomic E-state index is 5.94. The van der Waals surface area contributed by atoms with Gasteiger partial charge in [-0.15, -0.1) is 0 Å². The molecule has 0 aliphatic rings. The normalized spacial score (nSPS) is 10.3. The van der Waals surface area contributed by atoms with Gasteiger partial charge in [-0.05, 0) is 37.2 Å². The average Bonchev–Trinajstić information content (AvgIpc) is 2.40. The number of pyridine rings is 1. The molecule has 0 atom stereocenters. The van der Waals surface area contributed by atoms with E-state index in [4.69, 9.17) is 4.74 Å². The molecular weight excluding hydrogens is 224 g/mol. The number of ether oxygens (including phenoxy) is 1. The molecule has 1 aromatic heterocycles. The summed E-state index contributed by atoms with van der Waals surface area (Å²) in [5.74, 6) is 0.976. The van der Waals surface area contributed by atoms with Crippen molar-refractivity contribution in [2.24, 2.45) is 0 Å². The Kier molecular flexibility index (Phi) is 4.31. The second kappa shape index (κ2) is 6.17. The fraction of sp³-hybridized carbons (Fsp3) is 0.267. The van der Waals surface area contributed by atoms with Gasteiger partial charge in [0.1, 0.15) is 12.4 Å². The first-order chi connectivity index (χ1) is 8.81. The van der Waals surface area contributed by atoms with Crippen molar-refractivity contribution < 1.29 is 4.74 Å². The Morgan fingerprint density at radius 2 is 1.94 bits per heavy atom. The molecule has 0 amide bonds. The minimum absolute atomic E-state index is 0.573. The van der Waals surface area contributed by atoms with Gasteiger partial charge in [0.2, 0.25) is 0 Å². The standard InChI is InChI=1S/C15H18N2O/c1-12-4-3-5-14(10-16-2)15(12)18-11-13-6-8-17-9-7-13/h3-9,16H,10-11H2,1-2H3. The van der Waals surface area contributed by atoms with Gasteiger partial charge in [-0.3, -0.25) is 4.98 Å². The molecule has 3 nitrogen and oxygen atoms in total. The second-order valence-electron chi connectivity index (χ2n) is 4.24. The van der Waals surface area contributed by atoms with Crippen LogP contribution in [0.1, 0.15) is 16.7 Å². The van der Waals surface area contributed by atoms with Crippen molar-refractivity contribution >= 4 is 0 Å². The quantitative estimate of drug-likeness (QED) is 0.875. The fourth-order valence-electron chi connectivity index (χ4n) is 1.88. The average molecular weight is 242 g/mol. The molecule has 2 aromatic rings. The van der Waals surface area contributed by atoms with Gasteiger partial charge in [0.25, 0.3) is 0 Å². The van der Waals surface area contributed by atoms with Crippen LogP contribution in [0.2, 0.25) is 0 Å². The smallest absolute Gasteiger partial charge is 0.127 e. The van der Waals surface area contributed by atoms with Gasteiger partial charge in [-0.1, -0.05) is 18.2 Å². The molecule has 0 aliphatic heterocycles. The van der Waals surface area contributed by atoms with Gasteiger partial charge in [0, 0.05) is 24.5 Å². The molecule has 0 aliphatic carbocycles. The van der Waals surface area contributed by atoms with Crippen LogP contribution in [-0.2, 0) is 13.2 Å². The summed E-state index contributed by atoms with van der Waals surface area (Å²) in [5, 5.41) is 3.16. The van der Waals surface area contributed by atoms with Crippen LogP contribution in [0.4, 0.5) is 0 Å². The van der Waals surface area contributed by atoms with E-state index >= 15 is 0 Å². The van der Waals surface area contributed by atoms with Crippen LogP contribution in [0.5, 0.6) is 5.75 Å². The number of rotatable bonds is 5. The van der Waals surface area contributed by atoms with E-state index in [1.54, 1.807) is 12.4 Å². The van der Waals surface area contributed by atoms with E-state index in [1.165, 1.54) is 5.56 Å². The lowest BCUT2D eigenvalue weighted by Gasteiger charge is -2.14. The molecule has 1 heterocycles. The number of hydrogen-bond acceptors (Lipinski definition) is 3. The SMILES string of the molecule is CNCc1cccc(C)c1OCc1ccncc1. The molecule has 0 saturated heterocycles. The Hall–Kier alpha value is -1.87. The molecule has 1 aromatic carbocycles. The summed E-state index contributed by atoms with van der Waals surface area (Å²) in [6.07, 6.45) is 3.57. The van der Waals surface area contributed by atoms with Crippen molar-refractivity contribution in [1.82, 2.24) is 10.3 Å². The number of aryl methyl sites for hydroxylation is 1. The van der Waals surface area contributed by atoms with Crippen molar-refractivity contribution in [2.45, 2.75) is 20.1 Å². The Morgan fingerprint density at radius 1 is 1.17 bits per heavy atom. The zero-order valence-corrected chi connectivity index (χ0v) is 10.8. The van der Waals surface area contributed by atoms with E-state index in [0.717, 1.165) is 23.4 Å². The number of hydrogen-bond donors (Lipinski definition) is 1. The van der Waals surface area contributed by atoms with E-state index in [2.05, 4.69) is 35.4 Å². The molecule has 0 radical (unpaired) electrons. The fourth-order valence-corrected chi connectivity index (χ4v) is 1.88. The predicted octanol–water partition coefficient (Wildman–Crippen LogP) is 2.69. The highest BCUT2D eigenvalue weighted by Gasteiger charge is 2.06. The predicted molar refractivity (Wildman–Crippen MR) is 72.5 cm³/mol. The molecule has 0 unspecified atom stereocenters. The molecule has 0 spiro atoms. The van der Waals surface area contributed by atoms with Crippen molar-refractivity contribution in [3.8, 4) is 5.75 Å². The summed E-state index contributed by atoms with van der Waals surface area (Å²) in [4.78, 5) is 4.00. The summed E-state index contributed by atoms with van der Waals surface area (Å²) in [6, 6.07) is 10.2. The lowest BCUT2D eigenvalue weighted by atomic mass is 10.1. The molecular formula is C15H18N2O. The summed E-state index contributed by atoms with van der Waals surface area (Å²) in [5.41, 5.74) is 3.48. The van der Waals surface area contributed by atoms with Crippen LogP contribution in [0.3, 0.4) is 0 Å². The van der Waals surface area contributed by atoms with Crippen LogP contribution >= 0.6 is 0 Å². The van der Waals surface area contributed by atoms with E-state index in [0.29, 0.717) is 6.61 Å². The van der Waals surface area contributed by atoms with Crippen molar-refractivity contribution in [1.29, 1.82) is 0 Å². The number of aromatic nitrogens is 1. The van der Waals surface area contributed by atoms with E-state index in [9.17, 15) is 0 Å². The zero-order chi connectivity index (χ0) is 12.8. The molecule has 18 heavy (non-hydrogen) atoms. The molecule has 94 valence electrons. The van der Waals surface area contributed by atoms with Gasteiger partial charge in [-0.2, -0.15) is 0 Å². The molecule has 0 saturated carbocycles. The maximum Gasteiger partial charge on any atom is 0.127 e. The van der Waals surface area contributed by atoms with Crippen molar-refractivity contribution in [2.75, 3.05) is 7.05 Å². The molecule has 0 bridgehead atoms. The first-order valence-electron chi connectivity index (χ1n) is 6.06. The first-order valence-corrected chi connectivity index (χ1v) is 6.06. The summed E-state index contributed by atoms with van der Waals surface area (Å²) in [6.45, 7) is 3.46. The first kappa shape index (κ1) is 12.6. The third-order valence-corrected chi connectivity index (χ3v) is 2.79. The van der Waals surface area contributed by atoms with Gasteiger partial charge in [0.15, 0.2) is 0 Å². The summed E-state index contributed by atoms with van der Waals surface area (Å²) >= 11 is 0. The highest BCUT2D eigenvalue weighted by Crippen LogP contribution is 2.24. The van der Waals surface area contributed by atoms with Crippen LogP contribution in [-0.4, -0.2) is 12.0 Å². The summed E-state index contributed by atoms with van der Waals surface area (Å²) < 4.78 is 5.94. The van der Waals surface area contributed by atoms with E-state index in [-0.39, 0.29) is 0 Å². The topological polar surface area (TPSA) is 34.1 Å². The molecule has 3 heteroatoms. The van der Waals surface area contributed by atoms with Gasteiger partial charge in [-0.25, -0.2) is 0 Å². The number of nitrogens with one attached hydrogen (secondary N) is 1. The Labute approximate surface area is 108 Å². The minimum Gasteiger partial charge on any atom is -0.488 e.